The highest BCUT2D eigenvalue weighted by atomic mass is 16.4. The van der Waals surface area contributed by atoms with Crippen LogP contribution in [0.25, 0.3) is 16.9 Å². The van der Waals surface area contributed by atoms with Crippen LogP contribution in [0.1, 0.15) is 46.5 Å². The summed E-state index contributed by atoms with van der Waals surface area (Å²) >= 11 is 0. The van der Waals surface area contributed by atoms with Crippen LogP contribution in [0.3, 0.4) is 0 Å². The molecule has 1 aliphatic rings. The highest BCUT2D eigenvalue weighted by Crippen LogP contribution is 2.35. The molecule has 6 nitrogen and oxygen atoms in total. The lowest BCUT2D eigenvalue weighted by molar-refractivity contribution is 0.0690. The van der Waals surface area contributed by atoms with Crippen LogP contribution in [0.5, 0.6) is 0 Å². The lowest BCUT2D eigenvalue weighted by Gasteiger charge is -2.11. The molecule has 1 N–H and O–H groups in total. The van der Waals surface area contributed by atoms with Crippen LogP contribution in [0.2, 0.25) is 0 Å². The summed E-state index contributed by atoms with van der Waals surface area (Å²) in [7, 11) is 0. The molecule has 2 aromatic heterocycles. The van der Waals surface area contributed by atoms with Crippen molar-refractivity contribution in [2.45, 2.75) is 33.1 Å². The van der Waals surface area contributed by atoms with Gasteiger partial charge < -0.3 is 9.67 Å². The number of carboxylic acid groups (broad SMARTS) is 1. The molecule has 1 aliphatic heterocycles. The lowest BCUT2D eigenvalue weighted by Crippen LogP contribution is -2.06. The van der Waals surface area contributed by atoms with Crippen molar-refractivity contribution in [3.8, 4) is 16.9 Å². The van der Waals surface area contributed by atoms with Gasteiger partial charge in [-0.1, -0.05) is 18.6 Å². The molecule has 0 fully saturated rings. The topological polar surface area (TPSA) is 80.9 Å². The summed E-state index contributed by atoms with van der Waals surface area (Å²) in [6.07, 6.45) is 5.65. The maximum absolute atomic E-state index is 11.6. The van der Waals surface area contributed by atoms with E-state index in [4.69, 9.17) is 4.98 Å². The van der Waals surface area contributed by atoms with E-state index in [0.29, 0.717) is 12.1 Å². The maximum atomic E-state index is 11.6. The van der Waals surface area contributed by atoms with Gasteiger partial charge in [-0.05, 0) is 25.5 Å². The number of nitrogens with zero attached hydrogens (tertiary/aromatic N) is 4. The van der Waals surface area contributed by atoms with Crippen molar-refractivity contribution in [3.63, 3.8) is 0 Å². The first kappa shape index (κ1) is 15.5. The summed E-state index contributed by atoms with van der Waals surface area (Å²) in [5.74, 6) is -0.203. The fourth-order valence-corrected chi connectivity index (χ4v) is 3.31. The first-order valence-corrected chi connectivity index (χ1v) is 8.34. The van der Waals surface area contributed by atoms with Crippen LogP contribution in [0.4, 0.5) is 0 Å². The molecule has 0 spiro atoms. The van der Waals surface area contributed by atoms with Gasteiger partial charge in [0.25, 0.3) is 0 Å². The second kappa shape index (κ2) is 5.81. The Labute approximate surface area is 145 Å². The van der Waals surface area contributed by atoms with E-state index in [1.165, 1.54) is 0 Å². The fraction of sp³-hybridized carbons (Fsp3) is 0.263. The van der Waals surface area contributed by atoms with Crippen molar-refractivity contribution in [2.24, 2.45) is 0 Å². The van der Waals surface area contributed by atoms with E-state index >= 15 is 0 Å². The van der Waals surface area contributed by atoms with Crippen LogP contribution in [0.15, 0.2) is 30.7 Å². The van der Waals surface area contributed by atoms with Gasteiger partial charge in [0.2, 0.25) is 0 Å². The van der Waals surface area contributed by atoms with Crippen LogP contribution in [0, 0.1) is 6.92 Å². The van der Waals surface area contributed by atoms with Crippen LogP contribution in [-0.4, -0.2) is 30.6 Å². The molecule has 0 saturated heterocycles. The average Bonchev–Trinajstić information content (AvgIpc) is 2.95. The molecule has 3 aromatic rings. The summed E-state index contributed by atoms with van der Waals surface area (Å²) < 4.78 is 1.86. The minimum Gasteiger partial charge on any atom is -0.476 e. The SMILES string of the molecule is CCCc1ncc2c(n1)-c1cc(C)ccc1-n1cnc(C(=O)O)c1C2. The van der Waals surface area contributed by atoms with Crippen molar-refractivity contribution in [3.05, 3.63) is 59.1 Å². The Morgan fingerprint density at radius 1 is 1.32 bits per heavy atom. The van der Waals surface area contributed by atoms with Gasteiger partial charge in [0.05, 0.1) is 17.1 Å². The van der Waals surface area contributed by atoms with Gasteiger partial charge in [-0.15, -0.1) is 0 Å². The molecule has 25 heavy (non-hydrogen) atoms. The number of hydrogen-bond donors (Lipinski definition) is 1. The first-order valence-electron chi connectivity index (χ1n) is 8.34. The fourth-order valence-electron chi connectivity index (χ4n) is 3.31. The van der Waals surface area contributed by atoms with Gasteiger partial charge in [-0.25, -0.2) is 19.7 Å². The highest BCUT2D eigenvalue weighted by Gasteiger charge is 2.26. The predicted octanol–water partition coefficient (Wildman–Crippen LogP) is 3.19. The van der Waals surface area contributed by atoms with Crippen LogP contribution in [-0.2, 0) is 12.8 Å². The third-order valence-electron chi connectivity index (χ3n) is 4.48. The molecule has 0 amide bonds. The summed E-state index contributed by atoms with van der Waals surface area (Å²) in [6, 6.07) is 6.10. The Morgan fingerprint density at radius 2 is 2.16 bits per heavy atom. The summed E-state index contributed by atoms with van der Waals surface area (Å²) in [6.45, 7) is 4.14. The smallest absolute Gasteiger partial charge is 0.356 e. The second-order valence-electron chi connectivity index (χ2n) is 6.32. The van der Waals surface area contributed by atoms with Crippen molar-refractivity contribution in [2.75, 3.05) is 0 Å². The third kappa shape index (κ3) is 2.50. The minimum atomic E-state index is -1.02. The zero-order valence-corrected chi connectivity index (χ0v) is 14.2. The van der Waals surface area contributed by atoms with Gasteiger partial charge in [0.15, 0.2) is 5.69 Å². The van der Waals surface area contributed by atoms with Gasteiger partial charge in [0.1, 0.15) is 12.2 Å². The summed E-state index contributed by atoms with van der Waals surface area (Å²) in [4.78, 5) is 24.9. The molecular weight excluding hydrogens is 316 g/mol. The summed E-state index contributed by atoms with van der Waals surface area (Å²) in [5, 5.41) is 9.47. The number of benzene rings is 1. The monoisotopic (exact) mass is 334 g/mol. The second-order valence-corrected chi connectivity index (χ2v) is 6.32. The molecule has 3 heterocycles. The number of hydrogen-bond acceptors (Lipinski definition) is 4. The molecule has 0 saturated carbocycles. The van der Waals surface area contributed by atoms with E-state index < -0.39 is 5.97 Å². The Hall–Kier alpha value is -3.02. The van der Waals surface area contributed by atoms with Crippen molar-refractivity contribution < 1.29 is 9.90 Å². The first-order chi connectivity index (χ1) is 12.1. The molecule has 0 atom stereocenters. The number of rotatable bonds is 3. The molecule has 4 rings (SSSR count). The zero-order valence-electron chi connectivity index (χ0n) is 14.2. The Balaban J connectivity index is 2.02. The number of carbonyl (C=O) groups is 1. The maximum Gasteiger partial charge on any atom is 0.356 e. The van der Waals surface area contributed by atoms with Crippen LogP contribution >= 0.6 is 0 Å². The Morgan fingerprint density at radius 3 is 2.92 bits per heavy atom. The quantitative estimate of drug-likeness (QED) is 0.622. The number of aromatic nitrogens is 4. The molecule has 1 aromatic carbocycles. The molecule has 0 radical (unpaired) electrons. The molecule has 0 bridgehead atoms. The largest absolute Gasteiger partial charge is 0.476 e. The molecule has 0 unspecified atom stereocenters. The number of aromatic carboxylic acids is 1. The number of carboxylic acids is 1. The summed E-state index contributed by atoms with van der Waals surface area (Å²) in [5.41, 5.74) is 5.57. The van der Waals surface area contributed by atoms with Crippen LogP contribution < -0.4 is 0 Å². The molecule has 0 aliphatic carbocycles. The van der Waals surface area contributed by atoms with E-state index in [1.54, 1.807) is 6.33 Å². The van der Waals surface area contributed by atoms with E-state index in [-0.39, 0.29) is 5.69 Å². The average molecular weight is 334 g/mol. The Kier molecular flexibility index (Phi) is 3.60. The van der Waals surface area contributed by atoms with Crippen molar-refractivity contribution in [1.82, 2.24) is 19.5 Å². The van der Waals surface area contributed by atoms with Gasteiger partial charge in [0, 0.05) is 30.2 Å². The molecular formula is C19H18N4O2. The number of imidazole rings is 1. The van der Waals surface area contributed by atoms with Crippen molar-refractivity contribution >= 4 is 5.97 Å². The Bertz CT molecular complexity index is 991. The minimum absolute atomic E-state index is 0.0806. The van der Waals surface area contributed by atoms with E-state index in [9.17, 15) is 9.90 Å². The van der Waals surface area contributed by atoms with Gasteiger partial charge >= 0.3 is 5.97 Å². The van der Waals surface area contributed by atoms with E-state index in [1.807, 2.05) is 29.8 Å². The highest BCUT2D eigenvalue weighted by molar-refractivity contribution is 5.88. The van der Waals surface area contributed by atoms with Crippen molar-refractivity contribution in [1.29, 1.82) is 0 Å². The normalized spacial score (nSPS) is 12.1. The lowest BCUT2D eigenvalue weighted by atomic mass is 10.0. The van der Waals surface area contributed by atoms with E-state index in [2.05, 4.69) is 23.0 Å². The van der Waals surface area contributed by atoms with E-state index in [0.717, 1.165) is 46.7 Å². The molecule has 126 valence electrons. The number of fused-ring (bicyclic) bond motifs is 5. The number of aryl methyl sites for hydroxylation is 2. The third-order valence-corrected chi connectivity index (χ3v) is 4.48. The molecule has 6 heteroatoms. The predicted molar refractivity (Wildman–Crippen MR) is 93.1 cm³/mol. The zero-order chi connectivity index (χ0) is 17.6. The van der Waals surface area contributed by atoms with Gasteiger partial charge in [-0.2, -0.15) is 0 Å². The standard InChI is InChI=1S/C19H18N4O2/c1-3-4-16-20-9-12-8-15-18(19(24)25)21-10-23(15)14-6-5-11(2)7-13(14)17(12)22-16/h5-7,9-10H,3-4,8H2,1-2H3,(H,24,25). The van der Waals surface area contributed by atoms with Gasteiger partial charge in [-0.3, -0.25) is 0 Å².